The Labute approximate surface area is 125 Å². The molecular formula is C16H24N2O3. The minimum absolute atomic E-state index is 0.0429. The van der Waals surface area contributed by atoms with Crippen LogP contribution in [-0.4, -0.2) is 45.7 Å². The number of carbonyl (C=O) groups excluding carboxylic acids is 1. The van der Waals surface area contributed by atoms with Crippen molar-refractivity contribution in [2.24, 2.45) is 0 Å². The summed E-state index contributed by atoms with van der Waals surface area (Å²) in [6.45, 7) is 6.99. The number of amides is 1. The maximum atomic E-state index is 11.4. The molecule has 1 aromatic rings. The first-order chi connectivity index (χ1) is 9.87. The summed E-state index contributed by atoms with van der Waals surface area (Å²) in [6.07, 6.45) is 2.55. The SMILES string of the molecule is CC(=O)N1CCC(C)(c2ncc([C@H](O)CO)cc2C)CC1. The zero-order valence-electron chi connectivity index (χ0n) is 13.0. The molecule has 1 aromatic heterocycles. The maximum Gasteiger partial charge on any atom is 0.219 e. The quantitative estimate of drug-likeness (QED) is 0.881. The zero-order valence-corrected chi connectivity index (χ0v) is 13.0. The van der Waals surface area contributed by atoms with Crippen LogP contribution in [0.3, 0.4) is 0 Å². The van der Waals surface area contributed by atoms with Gasteiger partial charge in [-0.2, -0.15) is 0 Å². The number of aryl methyl sites for hydroxylation is 1. The molecular weight excluding hydrogens is 268 g/mol. The third-order valence-electron chi connectivity index (χ3n) is 4.54. The number of rotatable bonds is 3. The van der Waals surface area contributed by atoms with Gasteiger partial charge in [0.25, 0.3) is 0 Å². The summed E-state index contributed by atoms with van der Waals surface area (Å²) in [6, 6.07) is 1.89. The number of hydrogen-bond donors (Lipinski definition) is 2. The lowest BCUT2D eigenvalue weighted by molar-refractivity contribution is -0.130. The molecule has 1 aliphatic heterocycles. The molecule has 5 heteroatoms. The van der Waals surface area contributed by atoms with Crippen molar-refractivity contribution in [3.05, 3.63) is 29.1 Å². The molecule has 21 heavy (non-hydrogen) atoms. The van der Waals surface area contributed by atoms with Gasteiger partial charge in [0.2, 0.25) is 5.91 Å². The average molecular weight is 292 g/mol. The second-order valence-corrected chi connectivity index (χ2v) is 6.20. The van der Waals surface area contributed by atoms with Crippen molar-refractivity contribution in [2.75, 3.05) is 19.7 Å². The molecule has 2 heterocycles. The van der Waals surface area contributed by atoms with Crippen molar-refractivity contribution in [1.82, 2.24) is 9.88 Å². The molecule has 0 aliphatic carbocycles. The van der Waals surface area contributed by atoms with E-state index in [9.17, 15) is 9.90 Å². The monoisotopic (exact) mass is 292 g/mol. The Balaban J connectivity index is 2.20. The minimum Gasteiger partial charge on any atom is -0.393 e. The highest BCUT2D eigenvalue weighted by Crippen LogP contribution is 2.36. The Kier molecular flexibility index (Phi) is 4.64. The van der Waals surface area contributed by atoms with Gasteiger partial charge in [0.05, 0.1) is 6.61 Å². The van der Waals surface area contributed by atoms with Crippen molar-refractivity contribution < 1.29 is 15.0 Å². The normalized spacial score (nSPS) is 19.4. The fourth-order valence-electron chi connectivity index (χ4n) is 3.07. The summed E-state index contributed by atoms with van der Waals surface area (Å²) in [7, 11) is 0. The standard InChI is InChI=1S/C16H24N2O3/c1-11-8-13(14(21)10-19)9-17-15(11)16(3)4-6-18(7-5-16)12(2)20/h8-9,14,19,21H,4-7,10H2,1-3H3/t14-/m1/s1. The van der Waals surface area contributed by atoms with Gasteiger partial charge in [0.1, 0.15) is 6.10 Å². The molecule has 0 aromatic carbocycles. The van der Waals surface area contributed by atoms with Gasteiger partial charge in [0, 0.05) is 42.9 Å². The van der Waals surface area contributed by atoms with E-state index in [1.165, 1.54) is 0 Å². The topological polar surface area (TPSA) is 73.7 Å². The van der Waals surface area contributed by atoms with E-state index in [0.29, 0.717) is 5.56 Å². The van der Waals surface area contributed by atoms with Crippen molar-refractivity contribution in [1.29, 1.82) is 0 Å². The summed E-state index contributed by atoms with van der Waals surface area (Å²) >= 11 is 0. The van der Waals surface area contributed by atoms with Crippen molar-refractivity contribution in [2.45, 2.75) is 45.1 Å². The third-order valence-corrected chi connectivity index (χ3v) is 4.54. The van der Waals surface area contributed by atoms with Crippen LogP contribution in [0.1, 0.15) is 49.6 Å². The second-order valence-electron chi connectivity index (χ2n) is 6.20. The van der Waals surface area contributed by atoms with E-state index in [0.717, 1.165) is 37.2 Å². The van der Waals surface area contributed by atoms with Crippen LogP contribution in [0.25, 0.3) is 0 Å². The van der Waals surface area contributed by atoms with Crippen LogP contribution in [-0.2, 0) is 10.2 Å². The fraction of sp³-hybridized carbons (Fsp3) is 0.625. The van der Waals surface area contributed by atoms with Gasteiger partial charge in [-0.15, -0.1) is 0 Å². The van der Waals surface area contributed by atoms with Gasteiger partial charge in [-0.1, -0.05) is 13.0 Å². The number of likely N-dealkylation sites (tertiary alicyclic amines) is 1. The zero-order chi connectivity index (χ0) is 15.6. The van der Waals surface area contributed by atoms with E-state index in [-0.39, 0.29) is 17.9 Å². The van der Waals surface area contributed by atoms with Crippen LogP contribution in [0.2, 0.25) is 0 Å². The molecule has 1 saturated heterocycles. The molecule has 0 bridgehead atoms. The van der Waals surface area contributed by atoms with Gasteiger partial charge in [-0.3, -0.25) is 9.78 Å². The highest BCUT2D eigenvalue weighted by molar-refractivity contribution is 5.73. The molecule has 1 amide bonds. The molecule has 0 saturated carbocycles. The van der Waals surface area contributed by atoms with Crippen molar-refractivity contribution >= 4 is 5.91 Å². The molecule has 116 valence electrons. The van der Waals surface area contributed by atoms with Crippen LogP contribution in [0.15, 0.2) is 12.3 Å². The molecule has 2 N–H and O–H groups in total. The van der Waals surface area contributed by atoms with Gasteiger partial charge in [-0.25, -0.2) is 0 Å². The molecule has 0 spiro atoms. The van der Waals surface area contributed by atoms with E-state index in [1.807, 2.05) is 17.9 Å². The van der Waals surface area contributed by atoms with Crippen LogP contribution in [0.5, 0.6) is 0 Å². The summed E-state index contributed by atoms with van der Waals surface area (Å²) in [5.41, 5.74) is 2.65. The Morgan fingerprint density at radius 3 is 2.57 bits per heavy atom. The number of piperidine rings is 1. The Hall–Kier alpha value is -1.46. The number of hydrogen-bond acceptors (Lipinski definition) is 4. The van der Waals surface area contributed by atoms with Crippen molar-refractivity contribution in [3.63, 3.8) is 0 Å². The third kappa shape index (κ3) is 3.24. The van der Waals surface area contributed by atoms with Crippen LogP contribution in [0.4, 0.5) is 0 Å². The first-order valence-corrected chi connectivity index (χ1v) is 7.39. The predicted octanol–water partition coefficient (Wildman–Crippen LogP) is 1.32. The number of carbonyl (C=O) groups is 1. The summed E-state index contributed by atoms with van der Waals surface area (Å²) in [5.74, 6) is 0.128. The summed E-state index contributed by atoms with van der Waals surface area (Å²) in [5, 5.41) is 18.7. The molecule has 1 fully saturated rings. The van der Waals surface area contributed by atoms with Gasteiger partial charge < -0.3 is 15.1 Å². The highest BCUT2D eigenvalue weighted by atomic mass is 16.3. The first kappa shape index (κ1) is 15.9. The molecule has 0 unspecified atom stereocenters. The summed E-state index contributed by atoms with van der Waals surface area (Å²) < 4.78 is 0. The number of nitrogens with zero attached hydrogens (tertiary/aromatic N) is 2. The Bertz CT molecular complexity index is 522. The van der Waals surface area contributed by atoms with Crippen LogP contribution >= 0.6 is 0 Å². The van der Waals surface area contributed by atoms with E-state index >= 15 is 0 Å². The number of aliphatic hydroxyl groups excluding tert-OH is 2. The molecule has 1 aliphatic rings. The molecule has 0 radical (unpaired) electrons. The number of pyridine rings is 1. The smallest absolute Gasteiger partial charge is 0.219 e. The van der Waals surface area contributed by atoms with E-state index in [1.54, 1.807) is 13.1 Å². The predicted molar refractivity (Wildman–Crippen MR) is 79.9 cm³/mol. The summed E-state index contributed by atoms with van der Waals surface area (Å²) in [4.78, 5) is 17.8. The van der Waals surface area contributed by atoms with E-state index in [2.05, 4.69) is 11.9 Å². The lowest BCUT2D eigenvalue weighted by atomic mass is 9.75. The van der Waals surface area contributed by atoms with Gasteiger partial charge in [-0.05, 0) is 25.3 Å². The second kappa shape index (κ2) is 6.12. The number of aromatic nitrogens is 1. The lowest BCUT2D eigenvalue weighted by Crippen LogP contribution is -2.43. The minimum atomic E-state index is -0.877. The highest BCUT2D eigenvalue weighted by Gasteiger charge is 2.34. The molecule has 1 atom stereocenters. The largest absolute Gasteiger partial charge is 0.393 e. The van der Waals surface area contributed by atoms with Crippen LogP contribution < -0.4 is 0 Å². The van der Waals surface area contributed by atoms with E-state index in [4.69, 9.17) is 5.11 Å². The Morgan fingerprint density at radius 1 is 1.48 bits per heavy atom. The van der Waals surface area contributed by atoms with Gasteiger partial charge in [0.15, 0.2) is 0 Å². The fourth-order valence-corrected chi connectivity index (χ4v) is 3.07. The number of aliphatic hydroxyl groups is 2. The Morgan fingerprint density at radius 2 is 2.10 bits per heavy atom. The lowest BCUT2D eigenvalue weighted by Gasteiger charge is -2.39. The van der Waals surface area contributed by atoms with E-state index < -0.39 is 6.10 Å². The first-order valence-electron chi connectivity index (χ1n) is 7.39. The van der Waals surface area contributed by atoms with Crippen LogP contribution in [0, 0.1) is 6.92 Å². The van der Waals surface area contributed by atoms with Gasteiger partial charge >= 0.3 is 0 Å². The average Bonchev–Trinajstić information content (AvgIpc) is 2.46. The molecule has 5 nitrogen and oxygen atoms in total. The maximum absolute atomic E-state index is 11.4. The molecule has 2 rings (SSSR count). The van der Waals surface area contributed by atoms with Crippen molar-refractivity contribution in [3.8, 4) is 0 Å².